The molecule has 28 heavy (non-hydrogen) atoms. The number of carbonyl (C=O) groups is 3. The number of imide groups is 1. The highest BCUT2D eigenvalue weighted by atomic mass is 16.5. The number of rotatable bonds is 7. The highest BCUT2D eigenvalue weighted by molar-refractivity contribution is 5.97. The number of urea groups is 1. The predicted molar refractivity (Wildman–Crippen MR) is 96.7 cm³/mol. The van der Waals surface area contributed by atoms with Gasteiger partial charge in [-0.3, -0.25) is 10.1 Å². The third-order valence-electron chi connectivity index (χ3n) is 4.15. The van der Waals surface area contributed by atoms with E-state index in [0.717, 1.165) is 24.1 Å². The van der Waals surface area contributed by atoms with Crippen LogP contribution in [0.3, 0.4) is 0 Å². The summed E-state index contributed by atoms with van der Waals surface area (Å²) in [5.41, 5.74) is 1.90. The van der Waals surface area contributed by atoms with Gasteiger partial charge < -0.3 is 19.3 Å². The second-order valence-electron chi connectivity index (χ2n) is 6.49. The average molecular weight is 387 g/mol. The van der Waals surface area contributed by atoms with E-state index in [-0.39, 0.29) is 11.6 Å². The summed E-state index contributed by atoms with van der Waals surface area (Å²) >= 11 is 0. The van der Waals surface area contributed by atoms with Crippen molar-refractivity contribution < 1.29 is 28.4 Å². The van der Waals surface area contributed by atoms with Crippen molar-refractivity contribution in [1.29, 1.82) is 0 Å². The summed E-state index contributed by atoms with van der Waals surface area (Å²) in [6.07, 6.45) is 1.82. The second-order valence-corrected chi connectivity index (χ2v) is 6.49. The Morgan fingerprint density at radius 1 is 1.18 bits per heavy atom. The van der Waals surface area contributed by atoms with E-state index in [1.54, 1.807) is 12.1 Å². The number of hydrogen-bond donors (Lipinski definition) is 2. The number of nitrogens with one attached hydrogen (secondary N) is 2. The van der Waals surface area contributed by atoms with Crippen molar-refractivity contribution in [2.45, 2.75) is 39.3 Å². The first kappa shape index (κ1) is 19.4. The maximum Gasteiger partial charge on any atom is 0.338 e. The molecule has 0 radical (unpaired) electrons. The first-order valence-electron chi connectivity index (χ1n) is 8.84. The van der Waals surface area contributed by atoms with E-state index in [4.69, 9.17) is 14.0 Å². The number of aryl methyl sites for hydroxylation is 2. The number of amides is 3. The third-order valence-corrected chi connectivity index (χ3v) is 4.15. The first-order valence-corrected chi connectivity index (χ1v) is 8.84. The predicted octanol–water partition coefficient (Wildman–Crippen LogP) is 2.02. The fourth-order valence-electron chi connectivity index (χ4n) is 2.38. The van der Waals surface area contributed by atoms with Gasteiger partial charge in [0, 0.05) is 6.04 Å². The summed E-state index contributed by atoms with van der Waals surface area (Å²) in [6, 6.07) is 5.86. The maximum absolute atomic E-state index is 12.0. The Hall–Kier alpha value is -3.36. The summed E-state index contributed by atoms with van der Waals surface area (Å²) in [7, 11) is 0. The second kappa shape index (κ2) is 8.55. The Bertz CT molecular complexity index is 851. The molecular formula is C19H21N3O6. The summed E-state index contributed by atoms with van der Waals surface area (Å²) in [4.78, 5) is 35.1. The molecule has 2 aromatic rings. The monoisotopic (exact) mass is 387 g/mol. The Morgan fingerprint density at radius 2 is 1.89 bits per heavy atom. The van der Waals surface area contributed by atoms with Gasteiger partial charge in [0.1, 0.15) is 18.1 Å². The van der Waals surface area contributed by atoms with Crippen molar-refractivity contribution in [1.82, 2.24) is 15.8 Å². The smallest absolute Gasteiger partial charge is 0.338 e. The maximum atomic E-state index is 12.0. The lowest BCUT2D eigenvalue weighted by Gasteiger charge is -2.08. The topological polar surface area (TPSA) is 120 Å². The van der Waals surface area contributed by atoms with Crippen LogP contribution in [0.4, 0.5) is 4.79 Å². The van der Waals surface area contributed by atoms with Crippen molar-refractivity contribution >= 4 is 17.9 Å². The molecule has 3 amide bonds. The van der Waals surface area contributed by atoms with Gasteiger partial charge in [-0.25, -0.2) is 9.59 Å². The summed E-state index contributed by atoms with van der Waals surface area (Å²) < 4.78 is 15.7. The number of esters is 1. The Kier molecular flexibility index (Phi) is 5.93. The number of hydrogen-bond acceptors (Lipinski definition) is 7. The van der Waals surface area contributed by atoms with Crippen LogP contribution < -0.4 is 15.4 Å². The van der Waals surface area contributed by atoms with Gasteiger partial charge in [-0.1, -0.05) is 5.16 Å². The van der Waals surface area contributed by atoms with Gasteiger partial charge in [-0.2, -0.15) is 0 Å². The Morgan fingerprint density at radius 3 is 2.50 bits per heavy atom. The molecule has 0 bridgehead atoms. The normalized spacial score (nSPS) is 12.9. The van der Waals surface area contributed by atoms with Crippen LogP contribution in [-0.4, -0.2) is 35.7 Å². The average Bonchev–Trinajstić information content (AvgIpc) is 3.42. The van der Waals surface area contributed by atoms with E-state index in [1.165, 1.54) is 12.1 Å². The lowest BCUT2D eigenvalue weighted by atomic mass is 10.2. The van der Waals surface area contributed by atoms with Crippen molar-refractivity contribution in [2.75, 3.05) is 6.61 Å². The van der Waals surface area contributed by atoms with E-state index in [0.29, 0.717) is 18.1 Å². The fourth-order valence-corrected chi connectivity index (χ4v) is 2.38. The van der Waals surface area contributed by atoms with Crippen LogP contribution in [0.1, 0.15) is 40.2 Å². The SMILES string of the molecule is Cc1noc(C)c1COc1ccc(C(=O)OCC(=O)NC(=O)NC2CC2)cc1. The Balaban J connectivity index is 1.44. The molecule has 0 saturated heterocycles. The summed E-state index contributed by atoms with van der Waals surface area (Å²) in [5, 5.41) is 8.57. The molecule has 1 aliphatic carbocycles. The van der Waals surface area contributed by atoms with Gasteiger partial charge in [0.15, 0.2) is 6.61 Å². The molecular weight excluding hydrogens is 366 g/mol. The zero-order chi connectivity index (χ0) is 20.1. The van der Waals surface area contributed by atoms with Crippen LogP contribution in [0, 0.1) is 13.8 Å². The molecule has 1 saturated carbocycles. The highest BCUT2D eigenvalue weighted by Gasteiger charge is 2.24. The number of aromatic nitrogens is 1. The number of carbonyl (C=O) groups excluding carboxylic acids is 3. The molecule has 2 N–H and O–H groups in total. The van der Waals surface area contributed by atoms with E-state index in [9.17, 15) is 14.4 Å². The van der Waals surface area contributed by atoms with Gasteiger partial charge in [0.25, 0.3) is 5.91 Å². The van der Waals surface area contributed by atoms with E-state index < -0.39 is 24.5 Å². The van der Waals surface area contributed by atoms with Gasteiger partial charge >= 0.3 is 12.0 Å². The van der Waals surface area contributed by atoms with Crippen LogP contribution in [0.5, 0.6) is 5.75 Å². The molecule has 1 aromatic carbocycles. The van der Waals surface area contributed by atoms with Crippen LogP contribution >= 0.6 is 0 Å². The van der Waals surface area contributed by atoms with Gasteiger partial charge in [0.05, 0.1) is 16.8 Å². The quantitative estimate of drug-likeness (QED) is 0.697. The molecule has 1 heterocycles. The van der Waals surface area contributed by atoms with E-state index >= 15 is 0 Å². The van der Waals surface area contributed by atoms with Crippen LogP contribution in [0.15, 0.2) is 28.8 Å². The van der Waals surface area contributed by atoms with Crippen LogP contribution in [0.2, 0.25) is 0 Å². The molecule has 0 aliphatic heterocycles. The number of benzene rings is 1. The molecule has 9 nitrogen and oxygen atoms in total. The van der Waals surface area contributed by atoms with E-state index in [1.807, 2.05) is 13.8 Å². The third kappa shape index (κ3) is 5.32. The van der Waals surface area contributed by atoms with Gasteiger partial charge in [-0.05, 0) is 51.0 Å². The van der Waals surface area contributed by atoms with Gasteiger partial charge in [-0.15, -0.1) is 0 Å². The zero-order valence-electron chi connectivity index (χ0n) is 15.6. The molecule has 148 valence electrons. The molecule has 1 aromatic heterocycles. The van der Waals surface area contributed by atoms with Gasteiger partial charge in [0.2, 0.25) is 0 Å². The van der Waals surface area contributed by atoms with E-state index in [2.05, 4.69) is 15.8 Å². The van der Waals surface area contributed by atoms with Crippen molar-refractivity contribution in [3.8, 4) is 5.75 Å². The summed E-state index contributed by atoms with van der Waals surface area (Å²) in [5.74, 6) is -0.103. The van der Waals surface area contributed by atoms with Crippen LogP contribution in [0.25, 0.3) is 0 Å². The van der Waals surface area contributed by atoms with Crippen molar-refractivity contribution in [3.05, 3.63) is 46.8 Å². The standard InChI is InChI=1S/C19H21N3O6/c1-11-16(12(2)28-22-11)9-26-15-7-3-13(4-8-15)18(24)27-10-17(23)21-19(25)20-14-5-6-14/h3-4,7-8,14H,5-6,9-10H2,1-2H3,(H2,20,21,23,25). The zero-order valence-corrected chi connectivity index (χ0v) is 15.6. The molecule has 0 spiro atoms. The number of ether oxygens (including phenoxy) is 2. The lowest BCUT2D eigenvalue weighted by Crippen LogP contribution is -2.42. The fraction of sp³-hybridized carbons (Fsp3) is 0.368. The first-order chi connectivity index (χ1) is 13.4. The molecule has 1 aliphatic rings. The lowest BCUT2D eigenvalue weighted by molar-refractivity contribution is -0.123. The molecule has 0 atom stereocenters. The largest absolute Gasteiger partial charge is 0.489 e. The molecule has 0 unspecified atom stereocenters. The molecule has 3 rings (SSSR count). The molecule has 1 fully saturated rings. The minimum absolute atomic E-state index is 0.133. The summed E-state index contributed by atoms with van der Waals surface area (Å²) in [6.45, 7) is 3.40. The molecule has 9 heteroatoms. The van der Waals surface area contributed by atoms with Crippen molar-refractivity contribution in [3.63, 3.8) is 0 Å². The van der Waals surface area contributed by atoms with Crippen LogP contribution in [-0.2, 0) is 16.1 Å². The minimum atomic E-state index is -0.689. The number of nitrogens with zero attached hydrogens (tertiary/aromatic N) is 1. The highest BCUT2D eigenvalue weighted by Crippen LogP contribution is 2.19. The Labute approximate surface area is 161 Å². The van der Waals surface area contributed by atoms with Crippen molar-refractivity contribution in [2.24, 2.45) is 0 Å². The minimum Gasteiger partial charge on any atom is -0.489 e.